The molecular weight excluding hydrogens is 405 g/mol. The molecule has 7 heteroatoms. The number of carbonyl (C=O) groups excluding carboxylic acids is 2. The van der Waals surface area contributed by atoms with Gasteiger partial charge in [-0.3, -0.25) is 4.79 Å². The molecule has 0 aliphatic carbocycles. The van der Waals surface area contributed by atoms with Crippen LogP contribution >= 0.6 is 11.6 Å². The zero-order chi connectivity index (χ0) is 21.3. The second kappa shape index (κ2) is 11.1. The predicted molar refractivity (Wildman–Crippen MR) is 118 cm³/mol. The molecule has 160 valence electrons. The van der Waals surface area contributed by atoms with E-state index in [1.165, 1.54) is 12.1 Å². The lowest BCUT2D eigenvalue weighted by molar-refractivity contribution is 0.0839. The van der Waals surface area contributed by atoms with Gasteiger partial charge in [0.1, 0.15) is 5.82 Å². The minimum absolute atomic E-state index is 0.0185. The quantitative estimate of drug-likeness (QED) is 0.458. The van der Waals surface area contributed by atoms with Crippen molar-refractivity contribution in [3.63, 3.8) is 0 Å². The highest BCUT2D eigenvalue weighted by molar-refractivity contribution is 6.30. The highest BCUT2D eigenvalue weighted by Gasteiger charge is 2.25. The summed E-state index contributed by atoms with van der Waals surface area (Å²) in [7, 11) is 0. The van der Waals surface area contributed by atoms with Crippen LogP contribution in [-0.4, -0.2) is 42.9 Å². The van der Waals surface area contributed by atoms with Gasteiger partial charge in [0.15, 0.2) is 5.78 Å². The Morgan fingerprint density at radius 2 is 1.67 bits per heavy atom. The van der Waals surface area contributed by atoms with E-state index in [1.807, 2.05) is 0 Å². The summed E-state index contributed by atoms with van der Waals surface area (Å²) < 4.78 is 13.0. The Kier molecular flexibility index (Phi) is 8.22. The molecule has 2 amide bonds. The fourth-order valence-electron chi connectivity index (χ4n) is 3.64. The minimum Gasteiger partial charge on any atom is -0.338 e. The number of ketones is 1. The summed E-state index contributed by atoms with van der Waals surface area (Å²) in [4.78, 5) is 26.8. The highest BCUT2D eigenvalue weighted by Crippen LogP contribution is 2.22. The molecule has 5 nitrogen and oxygen atoms in total. The first-order valence-electron chi connectivity index (χ1n) is 10.3. The van der Waals surface area contributed by atoms with E-state index in [9.17, 15) is 14.0 Å². The first kappa shape index (κ1) is 22.2. The molecule has 0 radical (unpaired) electrons. The highest BCUT2D eigenvalue weighted by atomic mass is 35.5. The number of unbranched alkanes of at least 4 members (excludes halogenated alkanes) is 1. The number of nitrogens with one attached hydrogen (secondary N) is 2. The van der Waals surface area contributed by atoms with Gasteiger partial charge in [-0.1, -0.05) is 11.6 Å². The molecule has 2 aromatic carbocycles. The molecule has 0 aromatic heterocycles. The summed E-state index contributed by atoms with van der Waals surface area (Å²) in [6.07, 6.45) is 3.54. The van der Waals surface area contributed by atoms with Crippen molar-refractivity contribution in [1.82, 2.24) is 10.2 Å². The second-order valence-electron chi connectivity index (χ2n) is 7.58. The average molecular weight is 432 g/mol. The molecule has 2 N–H and O–H groups in total. The molecule has 0 spiro atoms. The number of urea groups is 1. The Morgan fingerprint density at radius 1 is 1.00 bits per heavy atom. The van der Waals surface area contributed by atoms with Crippen molar-refractivity contribution in [1.29, 1.82) is 0 Å². The number of carbonyl (C=O) groups is 2. The third-order valence-corrected chi connectivity index (χ3v) is 5.63. The van der Waals surface area contributed by atoms with Crippen molar-refractivity contribution in [3.05, 3.63) is 64.9 Å². The summed E-state index contributed by atoms with van der Waals surface area (Å²) in [6.45, 7) is 3.35. The predicted octanol–water partition coefficient (Wildman–Crippen LogP) is 4.98. The smallest absolute Gasteiger partial charge is 0.319 e. The topological polar surface area (TPSA) is 61.4 Å². The SMILES string of the molecule is O=C(NCCCCN1CCC(C(=O)c2ccc(F)cc2)CC1)Nc1ccc(Cl)cc1. The van der Waals surface area contributed by atoms with Crippen molar-refractivity contribution in [2.45, 2.75) is 25.7 Å². The fraction of sp³-hybridized carbons (Fsp3) is 0.391. The first-order valence-corrected chi connectivity index (χ1v) is 10.7. The van der Waals surface area contributed by atoms with E-state index in [0.29, 0.717) is 22.8 Å². The van der Waals surface area contributed by atoms with E-state index in [-0.39, 0.29) is 23.5 Å². The number of halogens is 2. The summed E-state index contributed by atoms with van der Waals surface area (Å²) in [5.41, 5.74) is 1.30. The van der Waals surface area contributed by atoms with Crippen LogP contribution in [0.1, 0.15) is 36.0 Å². The van der Waals surface area contributed by atoms with Gasteiger partial charge in [-0.15, -0.1) is 0 Å². The monoisotopic (exact) mass is 431 g/mol. The molecule has 30 heavy (non-hydrogen) atoms. The van der Waals surface area contributed by atoms with Gasteiger partial charge in [0.2, 0.25) is 0 Å². The normalized spacial score (nSPS) is 15.0. The van der Waals surface area contributed by atoms with Crippen LogP contribution in [0.5, 0.6) is 0 Å². The standard InChI is InChI=1S/C23H27ClFN3O2/c24-19-5-9-21(10-6-19)27-23(30)26-13-1-2-14-28-15-11-18(12-16-28)22(29)17-3-7-20(25)8-4-17/h3-10,18H,1-2,11-16H2,(H2,26,27,30). The van der Waals surface area contributed by atoms with Gasteiger partial charge in [-0.05, 0) is 93.8 Å². The largest absolute Gasteiger partial charge is 0.338 e. The van der Waals surface area contributed by atoms with Crippen LogP contribution in [-0.2, 0) is 0 Å². The van der Waals surface area contributed by atoms with Crippen LogP contribution < -0.4 is 10.6 Å². The van der Waals surface area contributed by atoms with Crippen molar-refractivity contribution < 1.29 is 14.0 Å². The summed E-state index contributed by atoms with van der Waals surface area (Å²) in [5.74, 6) is -0.186. The summed E-state index contributed by atoms with van der Waals surface area (Å²) in [6, 6.07) is 12.6. The third-order valence-electron chi connectivity index (χ3n) is 5.38. The number of Topliss-reactive ketones (excluding diaryl/α,β-unsaturated/α-hetero) is 1. The van der Waals surface area contributed by atoms with Crippen molar-refractivity contribution in [2.75, 3.05) is 31.5 Å². The van der Waals surface area contributed by atoms with Crippen molar-refractivity contribution in [3.8, 4) is 0 Å². The van der Waals surface area contributed by atoms with Crippen molar-refractivity contribution >= 4 is 29.1 Å². The molecule has 1 fully saturated rings. The van der Waals surface area contributed by atoms with Crippen LogP contribution in [0.15, 0.2) is 48.5 Å². The zero-order valence-electron chi connectivity index (χ0n) is 16.9. The number of likely N-dealkylation sites (tertiary alicyclic amines) is 1. The number of anilines is 1. The summed E-state index contributed by atoms with van der Waals surface area (Å²) >= 11 is 5.83. The number of hydrogen-bond acceptors (Lipinski definition) is 3. The molecule has 1 heterocycles. The Labute approximate surface area is 181 Å². The van der Waals surface area contributed by atoms with Gasteiger partial charge >= 0.3 is 6.03 Å². The van der Waals surface area contributed by atoms with Crippen LogP contribution in [0.4, 0.5) is 14.9 Å². The molecule has 0 saturated carbocycles. The molecule has 0 unspecified atom stereocenters. The van der Waals surface area contributed by atoms with E-state index in [2.05, 4.69) is 15.5 Å². The minimum atomic E-state index is -0.321. The molecule has 0 atom stereocenters. The van der Waals surface area contributed by atoms with E-state index in [1.54, 1.807) is 36.4 Å². The number of nitrogens with zero attached hydrogens (tertiary/aromatic N) is 1. The first-order chi connectivity index (χ1) is 14.5. The molecule has 1 aliphatic heterocycles. The fourth-order valence-corrected chi connectivity index (χ4v) is 3.77. The van der Waals surface area contributed by atoms with E-state index >= 15 is 0 Å². The van der Waals surface area contributed by atoms with Gasteiger partial charge in [0.25, 0.3) is 0 Å². The maximum absolute atomic E-state index is 13.0. The van der Waals surface area contributed by atoms with Crippen LogP contribution in [0.2, 0.25) is 5.02 Å². The number of benzene rings is 2. The Bertz CT molecular complexity index is 835. The van der Waals surface area contributed by atoms with Crippen LogP contribution in [0.25, 0.3) is 0 Å². The van der Waals surface area contributed by atoms with E-state index in [4.69, 9.17) is 11.6 Å². The molecule has 0 bridgehead atoms. The summed E-state index contributed by atoms with van der Waals surface area (Å²) in [5, 5.41) is 6.25. The van der Waals surface area contributed by atoms with Crippen molar-refractivity contribution in [2.24, 2.45) is 5.92 Å². The maximum atomic E-state index is 13.0. The zero-order valence-corrected chi connectivity index (χ0v) is 17.6. The maximum Gasteiger partial charge on any atom is 0.319 e. The van der Waals surface area contributed by atoms with Gasteiger partial charge in [-0.25, -0.2) is 9.18 Å². The van der Waals surface area contributed by atoms with Gasteiger partial charge < -0.3 is 15.5 Å². The number of hydrogen-bond donors (Lipinski definition) is 2. The average Bonchev–Trinajstić information content (AvgIpc) is 2.76. The Morgan fingerprint density at radius 3 is 2.33 bits per heavy atom. The number of amides is 2. The molecule has 1 saturated heterocycles. The molecule has 3 rings (SSSR count). The van der Waals surface area contributed by atoms with Crippen LogP contribution in [0.3, 0.4) is 0 Å². The molecule has 1 aliphatic rings. The lowest BCUT2D eigenvalue weighted by Crippen LogP contribution is -2.37. The Hall–Kier alpha value is -2.44. The molecule has 2 aromatic rings. The van der Waals surface area contributed by atoms with Crippen LogP contribution in [0, 0.1) is 11.7 Å². The van der Waals surface area contributed by atoms with Gasteiger partial charge in [-0.2, -0.15) is 0 Å². The van der Waals surface area contributed by atoms with Gasteiger partial charge in [0.05, 0.1) is 0 Å². The second-order valence-corrected chi connectivity index (χ2v) is 8.02. The lowest BCUT2D eigenvalue weighted by Gasteiger charge is -2.31. The van der Waals surface area contributed by atoms with E-state index < -0.39 is 0 Å². The lowest BCUT2D eigenvalue weighted by atomic mass is 9.89. The van der Waals surface area contributed by atoms with E-state index in [0.717, 1.165) is 45.3 Å². The third kappa shape index (κ3) is 6.82. The number of piperidine rings is 1. The Balaban J connectivity index is 1.28. The molecular formula is C23H27ClFN3O2. The van der Waals surface area contributed by atoms with Gasteiger partial charge in [0, 0.05) is 28.7 Å². The number of rotatable bonds is 8.